The molecule has 0 spiro atoms. The Balaban J connectivity index is 0.000000212. The summed E-state index contributed by atoms with van der Waals surface area (Å²) in [6.45, 7) is 4.16. The van der Waals surface area contributed by atoms with E-state index in [4.69, 9.17) is 18.9 Å². The second kappa shape index (κ2) is 20.3. The van der Waals surface area contributed by atoms with E-state index in [1.54, 1.807) is 31.8 Å². The first-order valence-electron chi connectivity index (χ1n) is 17.9. The van der Waals surface area contributed by atoms with E-state index in [0.717, 1.165) is 108 Å². The first-order chi connectivity index (χ1) is 24.7. The van der Waals surface area contributed by atoms with Crippen LogP contribution < -0.4 is 9.47 Å². The highest BCUT2D eigenvalue weighted by molar-refractivity contribution is 14.1. The van der Waals surface area contributed by atoms with Crippen LogP contribution in [-0.2, 0) is 22.3 Å². The molecule has 274 valence electrons. The van der Waals surface area contributed by atoms with Crippen LogP contribution >= 0.6 is 34.8 Å². The Morgan fingerprint density at radius 2 is 1.02 bits per heavy atom. The Hall–Kier alpha value is -3.06. The molecule has 0 amide bonds. The predicted molar refractivity (Wildman–Crippen MR) is 217 cm³/mol. The van der Waals surface area contributed by atoms with E-state index in [0.29, 0.717) is 24.0 Å². The summed E-state index contributed by atoms with van der Waals surface area (Å²) in [4.78, 5) is 34.8. The molecule has 2 fully saturated rings. The minimum atomic E-state index is 0.116. The minimum Gasteiger partial charge on any atom is -0.481 e. The van der Waals surface area contributed by atoms with Gasteiger partial charge in [0.1, 0.15) is 0 Å². The highest BCUT2D eigenvalue weighted by Crippen LogP contribution is 2.32. The highest BCUT2D eigenvalue weighted by atomic mass is 127. The molecule has 0 N–H and O–H groups in total. The number of rotatable bonds is 10. The van der Waals surface area contributed by atoms with Crippen LogP contribution in [0.5, 0.6) is 11.8 Å². The molecule has 2 aromatic heterocycles. The van der Waals surface area contributed by atoms with Gasteiger partial charge < -0.3 is 18.9 Å². The van der Waals surface area contributed by atoms with Crippen molar-refractivity contribution in [1.29, 1.82) is 0 Å². The Morgan fingerprint density at radius 3 is 1.31 bits per heavy atom. The summed E-state index contributed by atoms with van der Waals surface area (Å²) in [6.07, 6.45) is 9.87. The highest BCUT2D eigenvalue weighted by Gasteiger charge is 2.28. The zero-order valence-corrected chi connectivity index (χ0v) is 33.7. The molecule has 4 aromatic rings. The lowest BCUT2D eigenvalue weighted by Crippen LogP contribution is -2.25. The van der Waals surface area contributed by atoms with Gasteiger partial charge in [-0.2, -0.15) is 0 Å². The van der Waals surface area contributed by atoms with Crippen molar-refractivity contribution < 1.29 is 28.5 Å². The summed E-state index contributed by atoms with van der Waals surface area (Å²) in [5.41, 5.74) is 5.44. The smallest absolute Gasteiger partial charge is 0.216 e. The van der Waals surface area contributed by atoms with Gasteiger partial charge in [0, 0.05) is 62.5 Å². The third kappa shape index (κ3) is 10.5. The van der Waals surface area contributed by atoms with E-state index in [9.17, 15) is 9.59 Å². The van der Waals surface area contributed by atoms with Crippen molar-refractivity contribution in [2.45, 2.75) is 90.3 Å². The molecule has 2 saturated carbocycles. The number of pyridine rings is 2. The monoisotopic (exact) mass is 826 g/mol. The number of aryl methyl sites for hydroxylation is 2. The number of hydrogen-bond donors (Lipinski definition) is 0. The third-order valence-corrected chi connectivity index (χ3v) is 10.2. The Labute approximate surface area is 321 Å². The van der Waals surface area contributed by atoms with E-state index >= 15 is 0 Å². The van der Waals surface area contributed by atoms with E-state index in [2.05, 4.69) is 48.2 Å². The van der Waals surface area contributed by atoms with Crippen LogP contribution in [0.15, 0.2) is 48.5 Å². The second-order valence-corrected chi connectivity index (χ2v) is 14.8. The molecular weight excluding hydrogens is 775 g/mol. The largest absolute Gasteiger partial charge is 0.481 e. The fourth-order valence-electron chi connectivity index (χ4n) is 7.16. The molecule has 0 aliphatic heterocycles. The normalized spacial score (nSPS) is 20.0. The summed E-state index contributed by atoms with van der Waals surface area (Å²) >= 11 is 6.23. The summed E-state index contributed by atoms with van der Waals surface area (Å²) in [6, 6.07) is 15.8. The molecule has 0 atom stereocenters. The average Bonchev–Trinajstić information content (AvgIpc) is 3.19. The fraction of sp³-hybridized carbons (Fsp3) is 0.488. The number of methoxy groups -OCH3 is 4. The molecule has 0 radical (unpaired) electrons. The summed E-state index contributed by atoms with van der Waals surface area (Å²) in [5, 5.41) is 2.01. The maximum absolute atomic E-state index is 12.8. The number of ketones is 2. The van der Waals surface area contributed by atoms with Crippen molar-refractivity contribution in [2.24, 2.45) is 11.8 Å². The molecule has 6 rings (SSSR count). The number of halogens is 1. The standard InChI is InChI=1S/2C20H25NO3.CHIS/c2*1-4-13-11-16-12-15(7-10-18(16)21-20(13)24-3)19(22)14-5-8-17(23-2)9-6-14;2-1-3/h2*7,10-12,14,17H,4-6,8-9H2,1-3H3;1H. The maximum atomic E-state index is 12.8. The van der Waals surface area contributed by atoms with Crippen molar-refractivity contribution in [1.82, 2.24) is 9.97 Å². The van der Waals surface area contributed by atoms with Gasteiger partial charge in [-0.1, -0.05) is 26.1 Å². The van der Waals surface area contributed by atoms with Gasteiger partial charge in [0.05, 0.1) is 37.5 Å². The summed E-state index contributed by atoms with van der Waals surface area (Å²) in [7, 11) is 6.79. The lowest BCUT2D eigenvalue weighted by molar-refractivity contribution is 0.0515. The van der Waals surface area contributed by atoms with Gasteiger partial charge in [-0.15, -0.1) is 0 Å². The van der Waals surface area contributed by atoms with Gasteiger partial charge >= 0.3 is 0 Å². The van der Waals surface area contributed by atoms with Crippen molar-refractivity contribution in [3.8, 4) is 11.8 Å². The van der Waals surface area contributed by atoms with Crippen molar-refractivity contribution >= 4 is 71.6 Å². The molecule has 2 aromatic carbocycles. The molecule has 51 heavy (non-hydrogen) atoms. The molecule has 2 aliphatic carbocycles. The van der Waals surface area contributed by atoms with Crippen LogP contribution in [-0.4, -0.2) is 65.6 Å². The quantitative estimate of drug-likeness (QED) is 0.0670. The van der Waals surface area contributed by atoms with Gasteiger partial charge in [-0.25, -0.2) is 9.97 Å². The topological polar surface area (TPSA) is 96.8 Å². The van der Waals surface area contributed by atoms with Crippen LogP contribution in [0.4, 0.5) is 0 Å². The van der Waals surface area contributed by atoms with Gasteiger partial charge in [-0.3, -0.25) is 9.59 Å². The number of nitrogens with zero attached hydrogens (tertiary/aromatic N) is 2. The molecule has 2 heterocycles. The minimum absolute atomic E-state index is 0.116. The molecule has 10 heteroatoms. The number of thiocarbonyl (C=S) groups is 1. The van der Waals surface area contributed by atoms with E-state index in [1.807, 2.05) is 59.0 Å². The van der Waals surface area contributed by atoms with Crippen molar-refractivity contribution in [3.05, 3.63) is 70.8 Å². The number of hydrogen-bond acceptors (Lipinski definition) is 9. The van der Waals surface area contributed by atoms with Crippen molar-refractivity contribution in [3.63, 3.8) is 0 Å². The number of aromatic nitrogens is 2. The number of carbonyl (C=O) groups is 2. The molecule has 8 nitrogen and oxygen atoms in total. The third-order valence-electron chi connectivity index (χ3n) is 10.2. The van der Waals surface area contributed by atoms with Crippen LogP contribution in [0.3, 0.4) is 0 Å². The Morgan fingerprint density at radius 1 is 0.667 bits per heavy atom. The fourth-order valence-corrected chi connectivity index (χ4v) is 7.16. The van der Waals surface area contributed by atoms with E-state index in [1.165, 1.54) is 0 Å². The number of fused-ring (bicyclic) bond motifs is 2. The van der Waals surface area contributed by atoms with E-state index in [-0.39, 0.29) is 23.4 Å². The molecular formula is C41H51IN2O6S. The van der Waals surface area contributed by atoms with Gasteiger partial charge in [0.15, 0.2) is 11.6 Å². The van der Waals surface area contributed by atoms with Crippen LogP contribution in [0.2, 0.25) is 0 Å². The zero-order chi connectivity index (χ0) is 36.9. The first-order valence-corrected chi connectivity index (χ1v) is 19.6. The van der Waals surface area contributed by atoms with Gasteiger partial charge in [0.25, 0.3) is 0 Å². The summed E-state index contributed by atoms with van der Waals surface area (Å²) < 4.78 is 23.0. The molecule has 2 aliphatic rings. The van der Waals surface area contributed by atoms with Crippen molar-refractivity contribution in [2.75, 3.05) is 28.4 Å². The van der Waals surface area contributed by atoms with Gasteiger partial charge in [0.2, 0.25) is 11.8 Å². The number of ether oxygens (including phenoxy) is 4. The molecule has 0 unspecified atom stereocenters. The average molecular weight is 827 g/mol. The number of benzene rings is 2. The Bertz CT molecular complexity index is 1660. The lowest BCUT2D eigenvalue weighted by atomic mass is 9.82. The summed E-state index contributed by atoms with van der Waals surface area (Å²) in [5.74, 6) is 2.07. The second-order valence-electron chi connectivity index (χ2n) is 13.1. The predicted octanol–water partition coefficient (Wildman–Crippen LogP) is 9.77. The van der Waals surface area contributed by atoms with Crippen LogP contribution in [0, 0.1) is 11.8 Å². The molecule has 0 saturated heterocycles. The first kappa shape index (κ1) is 40.7. The number of carbonyl (C=O) groups excluding carboxylic acids is 2. The lowest BCUT2D eigenvalue weighted by Gasteiger charge is -2.26. The maximum Gasteiger partial charge on any atom is 0.216 e. The molecule has 0 bridgehead atoms. The van der Waals surface area contributed by atoms with E-state index < -0.39 is 0 Å². The Kier molecular flexibility index (Phi) is 16.2. The zero-order valence-electron chi connectivity index (χ0n) is 30.7. The van der Waals surface area contributed by atoms with Crippen LogP contribution in [0.25, 0.3) is 21.8 Å². The van der Waals surface area contributed by atoms with Gasteiger partial charge in [-0.05, 0) is 135 Å². The van der Waals surface area contributed by atoms with Crippen LogP contribution in [0.1, 0.15) is 97.1 Å². The SMILES string of the molecule is CCc1cc2cc(C(=O)C3CCC(OC)CC3)ccc2nc1OC.CCc1cc2cc(C(=O)C3CCC(OC)CC3)ccc2nc1OC.S=CI. The number of Topliss-reactive ketones (excluding diaryl/α,β-unsaturated/α-hetero) is 2.